The number of thiophene rings is 1. The van der Waals surface area contributed by atoms with E-state index in [0.717, 1.165) is 22.4 Å². The number of carbonyl (C=O) groups excluding carboxylic acids is 1. The maximum Gasteiger partial charge on any atom is 0.251 e. The maximum atomic E-state index is 12.4. The van der Waals surface area contributed by atoms with Gasteiger partial charge in [-0.25, -0.2) is 0 Å². The highest BCUT2D eigenvalue weighted by molar-refractivity contribution is 7.13. The number of amides is 1. The topological polar surface area (TPSA) is 54.9 Å². The zero-order valence-corrected chi connectivity index (χ0v) is 15.3. The standard InChI is InChI=1S/C22H17N3OS/c26-22(18-8-6-17(7-9-18)21-4-2-12-27-21)25-14-16-5-10-20(24-13-16)19-3-1-11-23-15-19/h1-13,15H,14H2,(H,25,26). The van der Waals surface area contributed by atoms with Gasteiger partial charge in [-0.1, -0.05) is 24.3 Å². The van der Waals surface area contributed by atoms with Crippen molar-refractivity contribution in [1.29, 1.82) is 0 Å². The van der Waals surface area contributed by atoms with Crippen LogP contribution < -0.4 is 5.32 Å². The number of nitrogens with zero attached hydrogens (tertiary/aromatic N) is 2. The molecule has 5 heteroatoms. The third-order valence-electron chi connectivity index (χ3n) is 4.19. The summed E-state index contributed by atoms with van der Waals surface area (Å²) >= 11 is 1.69. The van der Waals surface area contributed by atoms with E-state index in [-0.39, 0.29) is 5.91 Å². The molecule has 0 saturated carbocycles. The summed E-state index contributed by atoms with van der Waals surface area (Å²) in [4.78, 5) is 22.1. The maximum absolute atomic E-state index is 12.4. The van der Waals surface area contributed by atoms with Gasteiger partial charge in [-0.05, 0) is 52.9 Å². The van der Waals surface area contributed by atoms with Gasteiger partial charge < -0.3 is 5.32 Å². The molecule has 4 aromatic rings. The predicted molar refractivity (Wildman–Crippen MR) is 108 cm³/mol. The third-order valence-corrected chi connectivity index (χ3v) is 5.11. The smallest absolute Gasteiger partial charge is 0.251 e. The molecule has 3 heterocycles. The summed E-state index contributed by atoms with van der Waals surface area (Å²) in [7, 11) is 0. The Kier molecular flexibility index (Phi) is 5.03. The van der Waals surface area contributed by atoms with Crippen molar-refractivity contribution in [3.8, 4) is 21.7 Å². The van der Waals surface area contributed by atoms with Crippen LogP contribution in [-0.4, -0.2) is 15.9 Å². The van der Waals surface area contributed by atoms with E-state index < -0.39 is 0 Å². The second-order valence-electron chi connectivity index (χ2n) is 6.03. The quantitative estimate of drug-likeness (QED) is 0.548. The summed E-state index contributed by atoms with van der Waals surface area (Å²) < 4.78 is 0. The lowest BCUT2D eigenvalue weighted by Crippen LogP contribution is -2.22. The Morgan fingerprint density at radius 2 is 1.81 bits per heavy atom. The fourth-order valence-corrected chi connectivity index (χ4v) is 3.46. The molecule has 132 valence electrons. The molecule has 0 aliphatic rings. The minimum Gasteiger partial charge on any atom is -0.348 e. The van der Waals surface area contributed by atoms with Crippen LogP contribution in [0.25, 0.3) is 21.7 Å². The van der Waals surface area contributed by atoms with Gasteiger partial charge in [-0.3, -0.25) is 14.8 Å². The van der Waals surface area contributed by atoms with Gasteiger partial charge in [0, 0.05) is 41.1 Å². The molecule has 0 saturated heterocycles. The van der Waals surface area contributed by atoms with Crippen molar-refractivity contribution in [1.82, 2.24) is 15.3 Å². The number of rotatable bonds is 5. The summed E-state index contributed by atoms with van der Waals surface area (Å²) in [5, 5.41) is 4.99. The van der Waals surface area contributed by atoms with Gasteiger partial charge in [0.1, 0.15) is 0 Å². The molecule has 0 aliphatic heterocycles. The summed E-state index contributed by atoms with van der Waals surface area (Å²) in [6.07, 6.45) is 5.30. The number of nitrogens with one attached hydrogen (secondary N) is 1. The van der Waals surface area contributed by atoms with Gasteiger partial charge in [-0.2, -0.15) is 0 Å². The predicted octanol–water partition coefficient (Wildman–Crippen LogP) is 4.80. The van der Waals surface area contributed by atoms with Crippen LogP contribution in [0.4, 0.5) is 0 Å². The van der Waals surface area contributed by atoms with E-state index in [9.17, 15) is 4.79 Å². The molecule has 0 fully saturated rings. The van der Waals surface area contributed by atoms with Crippen molar-refractivity contribution < 1.29 is 4.79 Å². The first-order valence-electron chi connectivity index (χ1n) is 8.57. The summed E-state index contributed by atoms with van der Waals surface area (Å²) in [5.74, 6) is -0.0935. The fraction of sp³-hybridized carbons (Fsp3) is 0.0455. The lowest BCUT2D eigenvalue weighted by Gasteiger charge is -2.07. The molecular weight excluding hydrogens is 354 g/mol. The first kappa shape index (κ1) is 17.1. The average molecular weight is 371 g/mol. The van der Waals surface area contributed by atoms with Crippen molar-refractivity contribution in [2.24, 2.45) is 0 Å². The zero-order valence-electron chi connectivity index (χ0n) is 14.5. The molecule has 0 spiro atoms. The Balaban J connectivity index is 1.37. The second-order valence-corrected chi connectivity index (χ2v) is 6.98. The lowest BCUT2D eigenvalue weighted by molar-refractivity contribution is 0.0951. The number of carbonyl (C=O) groups is 1. The molecule has 0 unspecified atom stereocenters. The molecule has 1 amide bonds. The van der Waals surface area contributed by atoms with Crippen LogP contribution in [0.2, 0.25) is 0 Å². The van der Waals surface area contributed by atoms with Gasteiger partial charge in [0.25, 0.3) is 5.91 Å². The molecule has 1 aromatic carbocycles. The lowest BCUT2D eigenvalue weighted by atomic mass is 10.1. The molecule has 4 nitrogen and oxygen atoms in total. The number of aromatic nitrogens is 2. The van der Waals surface area contributed by atoms with Gasteiger partial charge in [0.15, 0.2) is 0 Å². The SMILES string of the molecule is O=C(NCc1ccc(-c2cccnc2)nc1)c1ccc(-c2cccs2)cc1. The van der Waals surface area contributed by atoms with E-state index in [4.69, 9.17) is 0 Å². The molecule has 3 aromatic heterocycles. The van der Waals surface area contributed by atoms with Crippen molar-refractivity contribution in [2.45, 2.75) is 6.54 Å². The van der Waals surface area contributed by atoms with Crippen LogP contribution in [0.3, 0.4) is 0 Å². The van der Waals surface area contributed by atoms with E-state index in [1.807, 2.05) is 60.0 Å². The van der Waals surface area contributed by atoms with Gasteiger partial charge in [0.05, 0.1) is 5.69 Å². The fourth-order valence-electron chi connectivity index (χ4n) is 2.73. The minimum atomic E-state index is -0.0935. The summed E-state index contributed by atoms with van der Waals surface area (Å²) in [6.45, 7) is 0.436. The molecule has 0 atom stereocenters. The normalized spacial score (nSPS) is 10.5. The third kappa shape index (κ3) is 4.10. The molecule has 0 radical (unpaired) electrons. The van der Waals surface area contributed by atoms with Crippen LogP contribution in [0.5, 0.6) is 0 Å². The van der Waals surface area contributed by atoms with Crippen molar-refractivity contribution in [3.05, 3.63) is 95.8 Å². The second kappa shape index (κ2) is 7.93. The molecule has 0 bridgehead atoms. The van der Waals surface area contributed by atoms with Crippen molar-refractivity contribution in [2.75, 3.05) is 0 Å². The van der Waals surface area contributed by atoms with E-state index in [2.05, 4.69) is 21.4 Å². The number of hydrogen-bond acceptors (Lipinski definition) is 4. The molecular formula is C22H17N3OS. The number of benzene rings is 1. The average Bonchev–Trinajstić information content (AvgIpc) is 3.28. The highest BCUT2D eigenvalue weighted by atomic mass is 32.1. The summed E-state index contributed by atoms with van der Waals surface area (Å²) in [5.41, 5.74) is 4.56. The highest BCUT2D eigenvalue weighted by Crippen LogP contribution is 2.24. The van der Waals surface area contributed by atoms with E-state index in [1.165, 1.54) is 4.88 Å². The molecule has 1 N–H and O–H groups in total. The number of hydrogen-bond donors (Lipinski definition) is 1. The van der Waals surface area contributed by atoms with E-state index in [1.54, 1.807) is 29.9 Å². The Bertz CT molecular complexity index is 1010. The van der Waals surface area contributed by atoms with Gasteiger partial charge in [0.2, 0.25) is 0 Å². The Morgan fingerprint density at radius 3 is 2.48 bits per heavy atom. The Labute approximate surface area is 161 Å². The monoisotopic (exact) mass is 371 g/mol. The van der Waals surface area contributed by atoms with Crippen LogP contribution in [0.1, 0.15) is 15.9 Å². The van der Waals surface area contributed by atoms with Crippen LogP contribution in [0, 0.1) is 0 Å². The van der Waals surface area contributed by atoms with Crippen LogP contribution in [-0.2, 0) is 6.54 Å². The molecule has 0 aliphatic carbocycles. The van der Waals surface area contributed by atoms with E-state index in [0.29, 0.717) is 12.1 Å². The number of pyridine rings is 2. The largest absolute Gasteiger partial charge is 0.348 e. The van der Waals surface area contributed by atoms with Crippen molar-refractivity contribution >= 4 is 17.2 Å². The summed E-state index contributed by atoms with van der Waals surface area (Å²) in [6, 6.07) is 19.5. The minimum absolute atomic E-state index is 0.0935. The van der Waals surface area contributed by atoms with Crippen LogP contribution in [0.15, 0.2) is 84.6 Å². The van der Waals surface area contributed by atoms with E-state index >= 15 is 0 Å². The molecule has 4 rings (SSSR count). The zero-order chi connectivity index (χ0) is 18.5. The Morgan fingerprint density at radius 1 is 0.926 bits per heavy atom. The first-order chi connectivity index (χ1) is 13.3. The Hall–Kier alpha value is -3.31. The highest BCUT2D eigenvalue weighted by Gasteiger charge is 2.07. The van der Waals surface area contributed by atoms with Gasteiger partial charge in [-0.15, -0.1) is 11.3 Å². The van der Waals surface area contributed by atoms with Crippen molar-refractivity contribution in [3.63, 3.8) is 0 Å². The first-order valence-corrected chi connectivity index (χ1v) is 9.45. The van der Waals surface area contributed by atoms with Crippen LogP contribution >= 0.6 is 11.3 Å². The molecule has 27 heavy (non-hydrogen) atoms. The van der Waals surface area contributed by atoms with Gasteiger partial charge >= 0.3 is 0 Å².